The number of aromatic nitrogens is 3. The number of rotatable bonds is 5. The van der Waals surface area contributed by atoms with Crippen molar-refractivity contribution < 1.29 is 4.79 Å². The largest absolute Gasteiger partial charge is 0.351 e. The van der Waals surface area contributed by atoms with Gasteiger partial charge in [0.05, 0.1) is 11.1 Å². The van der Waals surface area contributed by atoms with E-state index in [1.54, 1.807) is 18.6 Å². The highest BCUT2D eigenvalue weighted by atomic mass is 16.2. The zero-order valence-electron chi connectivity index (χ0n) is 17.1. The van der Waals surface area contributed by atoms with Crippen molar-refractivity contribution in [2.45, 2.75) is 37.6 Å². The third-order valence-electron chi connectivity index (χ3n) is 6.20. The maximum absolute atomic E-state index is 13.1. The first-order valence-electron chi connectivity index (χ1n) is 10.5. The molecule has 1 aliphatic carbocycles. The Morgan fingerprint density at radius 1 is 1.13 bits per heavy atom. The first kappa shape index (κ1) is 18.7. The normalized spacial score (nSPS) is 19.5. The monoisotopic (exact) mass is 399 g/mol. The van der Waals surface area contributed by atoms with Gasteiger partial charge in [-0.25, -0.2) is 9.97 Å². The topological polar surface area (TPSA) is 71.0 Å². The average molecular weight is 399 g/mol. The van der Waals surface area contributed by atoms with E-state index in [1.165, 1.54) is 5.56 Å². The molecule has 1 amide bonds. The van der Waals surface area contributed by atoms with Gasteiger partial charge in [0.2, 0.25) is 11.9 Å². The standard InChI is InChI=1S/C24H25N5O/c1-17-4-6-19(7-5-17)24(10-11-24)22(30)27-20-9-14-29(16-20)23-26-13-8-21(28-23)18-3-2-12-25-15-18/h2-8,12-13,15,20H,9-11,14,16H2,1H3,(H,27,30). The summed E-state index contributed by atoms with van der Waals surface area (Å²) in [4.78, 5) is 28.6. The van der Waals surface area contributed by atoms with Crippen LogP contribution >= 0.6 is 0 Å². The second-order valence-corrected chi connectivity index (χ2v) is 8.34. The molecule has 2 aliphatic rings. The van der Waals surface area contributed by atoms with Crippen molar-refractivity contribution >= 4 is 11.9 Å². The van der Waals surface area contributed by atoms with E-state index >= 15 is 0 Å². The maximum atomic E-state index is 13.1. The molecule has 1 saturated carbocycles. The van der Waals surface area contributed by atoms with Crippen molar-refractivity contribution in [1.82, 2.24) is 20.3 Å². The Morgan fingerprint density at radius 2 is 1.97 bits per heavy atom. The Morgan fingerprint density at radius 3 is 2.70 bits per heavy atom. The van der Waals surface area contributed by atoms with Crippen LogP contribution in [0.1, 0.15) is 30.4 Å². The van der Waals surface area contributed by atoms with Crippen molar-refractivity contribution in [1.29, 1.82) is 0 Å². The van der Waals surface area contributed by atoms with Gasteiger partial charge in [-0.3, -0.25) is 9.78 Å². The molecule has 3 aromatic rings. The van der Waals surface area contributed by atoms with Gasteiger partial charge in [0.15, 0.2) is 0 Å². The van der Waals surface area contributed by atoms with Crippen molar-refractivity contribution in [2.75, 3.05) is 18.0 Å². The lowest BCUT2D eigenvalue weighted by Gasteiger charge is -2.21. The maximum Gasteiger partial charge on any atom is 0.230 e. The first-order chi connectivity index (χ1) is 14.6. The summed E-state index contributed by atoms with van der Waals surface area (Å²) in [5.41, 5.74) is 3.84. The molecule has 0 bridgehead atoms. The molecule has 1 unspecified atom stereocenters. The number of hydrogen-bond acceptors (Lipinski definition) is 5. The Hall–Kier alpha value is -3.28. The van der Waals surface area contributed by atoms with Crippen LogP contribution in [-0.2, 0) is 10.2 Å². The molecule has 0 radical (unpaired) electrons. The summed E-state index contributed by atoms with van der Waals surface area (Å²) in [5.74, 6) is 0.857. The van der Waals surface area contributed by atoms with Gasteiger partial charge in [-0.2, -0.15) is 0 Å². The molecule has 1 aliphatic heterocycles. The van der Waals surface area contributed by atoms with Gasteiger partial charge in [0.25, 0.3) is 0 Å². The lowest BCUT2D eigenvalue weighted by Crippen LogP contribution is -2.43. The van der Waals surface area contributed by atoms with Crippen LogP contribution in [0.5, 0.6) is 0 Å². The zero-order chi connectivity index (χ0) is 20.6. The van der Waals surface area contributed by atoms with E-state index in [0.29, 0.717) is 5.95 Å². The van der Waals surface area contributed by atoms with Crippen molar-refractivity contribution in [2.24, 2.45) is 0 Å². The molecule has 2 fully saturated rings. The Labute approximate surface area is 176 Å². The molecule has 1 atom stereocenters. The molecule has 1 aromatic carbocycles. The summed E-state index contributed by atoms with van der Waals surface area (Å²) in [5, 5.41) is 3.29. The van der Waals surface area contributed by atoms with Gasteiger partial charge in [0, 0.05) is 43.3 Å². The Bertz CT molecular complexity index is 1050. The van der Waals surface area contributed by atoms with Gasteiger partial charge in [0.1, 0.15) is 0 Å². The van der Waals surface area contributed by atoms with Crippen LogP contribution in [0.3, 0.4) is 0 Å². The smallest absolute Gasteiger partial charge is 0.230 e. The number of pyridine rings is 1. The van der Waals surface area contributed by atoms with Crippen molar-refractivity contribution in [3.05, 3.63) is 72.2 Å². The van der Waals surface area contributed by atoms with Crippen LogP contribution in [0, 0.1) is 6.92 Å². The Kier molecular flexibility index (Phi) is 4.69. The fraction of sp³-hybridized carbons (Fsp3) is 0.333. The Balaban J connectivity index is 1.26. The average Bonchev–Trinajstić information content (AvgIpc) is 3.47. The number of carbonyl (C=O) groups is 1. The fourth-order valence-corrected chi connectivity index (χ4v) is 4.20. The van der Waals surface area contributed by atoms with Crippen molar-refractivity contribution in [3.63, 3.8) is 0 Å². The van der Waals surface area contributed by atoms with Gasteiger partial charge in [-0.05, 0) is 49.9 Å². The lowest BCUT2D eigenvalue weighted by molar-refractivity contribution is -0.124. The van der Waals surface area contributed by atoms with Gasteiger partial charge < -0.3 is 10.2 Å². The van der Waals surface area contributed by atoms with E-state index in [-0.39, 0.29) is 17.4 Å². The van der Waals surface area contributed by atoms with E-state index in [0.717, 1.165) is 49.2 Å². The minimum atomic E-state index is -0.335. The number of anilines is 1. The molecule has 152 valence electrons. The second-order valence-electron chi connectivity index (χ2n) is 8.34. The molecule has 6 heteroatoms. The molecule has 3 heterocycles. The predicted octanol–water partition coefficient (Wildman–Crippen LogP) is 3.27. The molecule has 6 nitrogen and oxygen atoms in total. The van der Waals surface area contributed by atoms with Crippen LogP contribution in [-0.4, -0.2) is 40.0 Å². The minimum absolute atomic E-state index is 0.117. The third kappa shape index (κ3) is 3.54. The molecule has 5 rings (SSSR count). The molecule has 2 aromatic heterocycles. The minimum Gasteiger partial charge on any atom is -0.351 e. The molecule has 1 N–H and O–H groups in total. The van der Waals surface area contributed by atoms with E-state index in [2.05, 4.69) is 51.4 Å². The summed E-state index contributed by atoms with van der Waals surface area (Å²) < 4.78 is 0. The third-order valence-corrected chi connectivity index (χ3v) is 6.20. The van der Waals surface area contributed by atoms with Crippen LogP contribution in [0.2, 0.25) is 0 Å². The van der Waals surface area contributed by atoms with Crippen molar-refractivity contribution in [3.8, 4) is 11.3 Å². The fourth-order valence-electron chi connectivity index (χ4n) is 4.20. The first-order valence-corrected chi connectivity index (χ1v) is 10.5. The summed E-state index contributed by atoms with van der Waals surface area (Å²) in [6.07, 6.45) is 8.09. The van der Waals surface area contributed by atoms with E-state index in [9.17, 15) is 4.79 Å². The highest BCUT2D eigenvalue weighted by Crippen LogP contribution is 2.48. The number of nitrogens with zero attached hydrogens (tertiary/aromatic N) is 4. The summed E-state index contributed by atoms with van der Waals surface area (Å²) in [6, 6.07) is 14.3. The van der Waals surface area contributed by atoms with Gasteiger partial charge in [-0.1, -0.05) is 29.8 Å². The second kappa shape index (κ2) is 7.52. The van der Waals surface area contributed by atoms with Crippen LogP contribution < -0.4 is 10.2 Å². The quantitative estimate of drug-likeness (QED) is 0.713. The molecule has 30 heavy (non-hydrogen) atoms. The summed E-state index contributed by atoms with van der Waals surface area (Å²) in [6.45, 7) is 3.63. The highest BCUT2D eigenvalue weighted by molar-refractivity contribution is 5.91. The van der Waals surface area contributed by atoms with Crippen LogP contribution in [0.15, 0.2) is 61.1 Å². The number of benzene rings is 1. The van der Waals surface area contributed by atoms with Crippen LogP contribution in [0.4, 0.5) is 5.95 Å². The number of amides is 1. The number of carbonyl (C=O) groups excluding carboxylic acids is 1. The highest BCUT2D eigenvalue weighted by Gasteiger charge is 2.51. The number of nitrogens with one attached hydrogen (secondary N) is 1. The van der Waals surface area contributed by atoms with E-state index in [1.807, 2.05) is 18.2 Å². The number of hydrogen-bond donors (Lipinski definition) is 1. The summed E-state index contributed by atoms with van der Waals surface area (Å²) in [7, 11) is 0. The molecular formula is C24H25N5O. The van der Waals surface area contributed by atoms with Gasteiger partial charge >= 0.3 is 0 Å². The summed E-state index contributed by atoms with van der Waals surface area (Å²) >= 11 is 0. The van der Waals surface area contributed by atoms with Crippen LogP contribution in [0.25, 0.3) is 11.3 Å². The SMILES string of the molecule is Cc1ccc(C2(C(=O)NC3CCN(c4nccc(-c5cccnc5)n4)C3)CC2)cc1. The van der Waals surface area contributed by atoms with E-state index < -0.39 is 0 Å². The number of aryl methyl sites for hydroxylation is 1. The van der Waals surface area contributed by atoms with Gasteiger partial charge in [-0.15, -0.1) is 0 Å². The molecule has 1 saturated heterocycles. The molecule has 0 spiro atoms. The predicted molar refractivity (Wildman–Crippen MR) is 116 cm³/mol. The zero-order valence-corrected chi connectivity index (χ0v) is 17.1. The van der Waals surface area contributed by atoms with E-state index in [4.69, 9.17) is 4.98 Å². The lowest BCUT2D eigenvalue weighted by atomic mass is 9.94. The molecular weight excluding hydrogens is 374 g/mol.